The van der Waals surface area contributed by atoms with E-state index in [0.29, 0.717) is 6.54 Å². The SMILES string of the molecule is CCCNC1CCN(CC(=O)N2CCCCC2)C1=O. The van der Waals surface area contributed by atoms with Gasteiger partial charge in [0.05, 0.1) is 12.6 Å². The minimum absolute atomic E-state index is 0.0749. The lowest BCUT2D eigenvalue weighted by Crippen LogP contribution is -2.45. The molecule has 0 aromatic carbocycles. The summed E-state index contributed by atoms with van der Waals surface area (Å²) < 4.78 is 0. The summed E-state index contributed by atoms with van der Waals surface area (Å²) in [5.41, 5.74) is 0. The number of piperidine rings is 1. The molecule has 0 aliphatic carbocycles. The van der Waals surface area contributed by atoms with Crippen molar-refractivity contribution < 1.29 is 9.59 Å². The zero-order chi connectivity index (χ0) is 13.7. The predicted octanol–water partition coefficient (Wildman–Crippen LogP) is 0.599. The summed E-state index contributed by atoms with van der Waals surface area (Å²) in [5, 5.41) is 3.25. The van der Waals surface area contributed by atoms with Crippen LogP contribution in [-0.4, -0.2) is 60.4 Å². The largest absolute Gasteiger partial charge is 0.341 e. The second-order valence-corrected chi connectivity index (χ2v) is 5.50. The van der Waals surface area contributed by atoms with Crippen molar-refractivity contribution in [1.82, 2.24) is 15.1 Å². The van der Waals surface area contributed by atoms with Crippen LogP contribution in [0, 0.1) is 0 Å². The quantitative estimate of drug-likeness (QED) is 0.793. The lowest BCUT2D eigenvalue weighted by atomic mass is 10.1. The monoisotopic (exact) mass is 267 g/mol. The number of carbonyl (C=O) groups excluding carboxylic acids is 2. The molecule has 0 spiro atoms. The van der Waals surface area contributed by atoms with Gasteiger partial charge in [-0.05, 0) is 38.6 Å². The van der Waals surface area contributed by atoms with Crippen LogP contribution < -0.4 is 5.32 Å². The van der Waals surface area contributed by atoms with Crippen LogP contribution >= 0.6 is 0 Å². The molecule has 2 aliphatic heterocycles. The third-order valence-corrected chi connectivity index (χ3v) is 3.97. The van der Waals surface area contributed by atoms with E-state index >= 15 is 0 Å². The van der Waals surface area contributed by atoms with E-state index in [-0.39, 0.29) is 24.4 Å². The number of nitrogens with one attached hydrogen (secondary N) is 1. The fourth-order valence-electron chi connectivity index (χ4n) is 2.81. The van der Waals surface area contributed by atoms with Crippen LogP contribution in [0.4, 0.5) is 0 Å². The number of hydrogen-bond donors (Lipinski definition) is 1. The summed E-state index contributed by atoms with van der Waals surface area (Å²) in [7, 11) is 0. The van der Waals surface area contributed by atoms with E-state index in [2.05, 4.69) is 12.2 Å². The lowest BCUT2D eigenvalue weighted by Gasteiger charge is -2.28. The summed E-state index contributed by atoms with van der Waals surface area (Å²) in [4.78, 5) is 27.9. The second-order valence-electron chi connectivity index (χ2n) is 5.50. The molecule has 2 heterocycles. The summed E-state index contributed by atoms with van der Waals surface area (Å²) in [6, 6.07) is -0.0749. The van der Waals surface area contributed by atoms with Crippen molar-refractivity contribution in [3.8, 4) is 0 Å². The van der Waals surface area contributed by atoms with Gasteiger partial charge >= 0.3 is 0 Å². The Morgan fingerprint density at radius 1 is 1.26 bits per heavy atom. The van der Waals surface area contributed by atoms with Gasteiger partial charge in [-0.15, -0.1) is 0 Å². The molecular weight excluding hydrogens is 242 g/mol. The smallest absolute Gasteiger partial charge is 0.242 e. The number of nitrogens with zero attached hydrogens (tertiary/aromatic N) is 2. The molecule has 0 aromatic heterocycles. The zero-order valence-electron chi connectivity index (χ0n) is 11.9. The summed E-state index contributed by atoms with van der Waals surface area (Å²) in [5.74, 6) is 0.211. The van der Waals surface area contributed by atoms with Crippen molar-refractivity contribution in [1.29, 1.82) is 0 Å². The molecule has 0 bridgehead atoms. The molecule has 0 aromatic rings. The Morgan fingerprint density at radius 2 is 2.00 bits per heavy atom. The van der Waals surface area contributed by atoms with Gasteiger partial charge in [-0.1, -0.05) is 6.92 Å². The van der Waals surface area contributed by atoms with E-state index in [1.165, 1.54) is 6.42 Å². The third-order valence-electron chi connectivity index (χ3n) is 3.97. The molecule has 1 N–H and O–H groups in total. The Morgan fingerprint density at radius 3 is 2.68 bits per heavy atom. The van der Waals surface area contributed by atoms with E-state index in [1.807, 2.05) is 4.90 Å². The zero-order valence-corrected chi connectivity index (χ0v) is 11.9. The average molecular weight is 267 g/mol. The molecule has 0 saturated carbocycles. The van der Waals surface area contributed by atoms with E-state index in [1.54, 1.807) is 4.90 Å². The van der Waals surface area contributed by atoms with Crippen LogP contribution in [0.2, 0.25) is 0 Å². The minimum atomic E-state index is -0.0749. The van der Waals surface area contributed by atoms with Gasteiger partial charge in [0.15, 0.2) is 0 Å². The van der Waals surface area contributed by atoms with E-state index in [9.17, 15) is 9.59 Å². The Bertz CT molecular complexity index is 327. The molecule has 2 saturated heterocycles. The average Bonchev–Trinajstić information content (AvgIpc) is 2.78. The van der Waals surface area contributed by atoms with Crippen LogP contribution in [0.1, 0.15) is 39.0 Å². The first-order valence-electron chi connectivity index (χ1n) is 7.52. The van der Waals surface area contributed by atoms with Gasteiger partial charge < -0.3 is 15.1 Å². The molecule has 0 radical (unpaired) electrons. The van der Waals surface area contributed by atoms with E-state index in [4.69, 9.17) is 0 Å². The molecule has 108 valence electrons. The summed E-state index contributed by atoms with van der Waals surface area (Å²) in [6.07, 6.45) is 5.26. The number of hydrogen-bond acceptors (Lipinski definition) is 3. The fraction of sp³-hybridized carbons (Fsp3) is 0.857. The van der Waals surface area contributed by atoms with Gasteiger partial charge in [0, 0.05) is 19.6 Å². The van der Waals surface area contributed by atoms with Gasteiger partial charge in [-0.25, -0.2) is 0 Å². The highest BCUT2D eigenvalue weighted by atomic mass is 16.2. The molecule has 19 heavy (non-hydrogen) atoms. The normalized spacial score (nSPS) is 24.1. The lowest BCUT2D eigenvalue weighted by molar-refractivity contribution is -0.139. The van der Waals surface area contributed by atoms with Gasteiger partial charge in [-0.3, -0.25) is 9.59 Å². The van der Waals surface area contributed by atoms with Crippen LogP contribution in [0.25, 0.3) is 0 Å². The highest BCUT2D eigenvalue weighted by molar-refractivity contribution is 5.89. The molecule has 1 atom stereocenters. The maximum absolute atomic E-state index is 12.1. The topological polar surface area (TPSA) is 52.7 Å². The molecule has 2 fully saturated rings. The minimum Gasteiger partial charge on any atom is -0.341 e. The summed E-state index contributed by atoms with van der Waals surface area (Å²) in [6.45, 7) is 5.65. The second kappa shape index (κ2) is 6.89. The molecule has 1 unspecified atom stereocenters. The Hall–Kier alpha value is -1.10. The van der Waals surface area contributed by atoms with Crippen LogP contribution in [0.5, 0.6) is 0 Å². The molecule has 2 aliphatic rings. The van der Waals surface area contributed by atoms with Gasteiger partial charge in [-0.2, -0.15) is 0 Å². The van der Waals surface area contributed by atoms with Gasteiger partial charge in [0.1, 0.15) is 0 Å². The van der Waals surface area contributed by atoms with Gasteiger partial charge in [0.25, 0.3) is 0 Å². The molecule has 2 amide bonds. The number of carbonyl (C=O) groups is 2. The molecule has 2 rings (SSSR count). The van der Waals surface area contributed by atoms with Crippen molar-refractivity contribution >= 4 is 11.8 Å². The van der Waals surface area contributed by atoms with Crippen molar-refractivity contribution in [2.24, 2.45) is 0 Å². The number of rotatable bonds is 5. The van der Waals surface area contributed by atoms with E-state index < -0.39 is 0 Å². The Balaban J connectivity index is 1.79. The van der Waals surface area contributed by atoms with Crippen LogP contribution in [0.15, 0.2) is 0 Å². The Kier molecular flexibility index (Phi) is 5.19. The molecule has 5 heteroatoms. The highest BCUT2D eigenvalue weighted by Gasteiger charge is 2.33. The fourth-order valence-corrected chi connectivity index (χ4v) is 2.81. The third kappa shape index (κ3) is 3.69. The predicted molar refractivity (Wildman–Crippen MR) is 73.7 cm³/mol. The first kappa shape index (κ1) is 14.3. The first-order chi connectivity index (χ1) is 9.22. The number of likely N-dealkylation sites (tertiary alicyclic amines) is 2. The van der Waals surface area contributed by atoms with Crippen LogP contribution in [0.3, 0.4) is 0 Å². The molecular formula is C14H25N3O2. The molecule has 5 nitrogen and oxygen atoms in total. The van der Waals surface area contributed by atoms with Crippen molar-refractivity contribution in [3.63, 3.8) is 0 Å². The highest BCUT2D eigenvalue weighted by Crippen LogP contribution is 2.13. The van der Waals surface area contributed by atoms with Crippen molar-refractivity contribution in [2.75, 3.05) is 32.7 Å². The maximum Gasteiger partial charge on any atom is 0.242 e. The van der Waals surface area contributed by atoms with Crippen molar-refractivity contribution in [2.45, 2.75) is 45.1 Å². The standard InChI is InChI=1S/C14H25N3O2/c1-2-7-15-12-6-10-17(14(12)19)11-13(18)16-8-4-3-5-9-16/h12,15H,2-11H2,1H3. The van der Waals surface area contributed by atoms with E-state index in [0.717, 1.165) is 45.3 Å². The van der Waals surface area contributed by atoms with Gasteiger partial charge in [0.2, 0.25) is 11.8 Å². The van der Waals surface area contributed by atoms with Crippen molar-refractivity contribution in [3.05, 3.63) is 0 Å². The first-order valence-corrected chi connectivity index (χ1v) is 7.52. The number of amides is 2. The maximum atomic E-state index is 12.1. The summed E-state index contributed by atoms with van der Waals surface area (Å²) >= 11 is 0. The Labute approximate surface area is 115 Å². The van der Waals surface area contributed by atoms with Crippen LogP contribution in [-0.2, 0) is 9.59 Å².